The third kappa shape index (κ3) is 1.77. The summed E-state index contributed by atoms with van der Waals surface area (Å²) >= 11 is 3.14. The van der Waals surface area contributed by atoms with E-state index in [-0.39, 0.29) is 11.2 Å². The Kier molecular flexibility index (Phi) is 2.93. The Morgan fingerprint density at radius 1 is 1.25 bits per heavy atom. The van der Waals surface area contributed by atoms with Gasteiger partial charge in [0.25, 0.3) is 5.56 Å². The minimum absolute atomic E-state index is 0.306. The summed E-state index contributed by atoms with van der Waals surface area (Å²) in [6.07, 6.45) is 1.45. The van der Waals surface area contributed by atoms with Gasteiger partial charge in [-0.05, 0) is 34.1 Å². The number of rotatable bonds is 1. The molecule has 0 unspecified atom stereocenters. The van der Waals surface area contributed by atoms with E-state index in [0.717, 1.165) is 16.8 Å². The summed E-state index contributed by atoms with van der Waals surface area (Å²) in [5.41, 5.74) is -0.294. The van der Waals surface area contributed by atoms with E-state index in [1.54, 1.807) is 6.07 Å². The molecule has 0 bridgehead atoms. The van der Waals surface area contributed by atoms with Crippen molar-refractivity contribution < 1.29 is 8.78 Å². The van der Waals surface area contributed by atoms with E-state index >= 15 is 0 Å². The van der Waals surface area contributed by atoms with Crippen LogP contribution in [0.15, 0.2) is 39.7 Å². The highest BCUT2D eigenvalue weighted by Crippen LogP contribution is 2.23. The van der Waals surface area contributed by atoms with E-state index in [1.165, 1.54) is 23.9 Å². The van der Waals surface area contributed by atoms with Crippen molar-refractivity contribution in [2.75, 3.05) is 0 Å². The van der Waals surface area contributed by atoms with E-state index in [1.807, 2.05) is 0 Å². The molecular formula is C13H8BrF2N3O. The number of aromatic nitrogens is 3. The van der Waals surface area contributed by atoms with E-state index in [4.69, 9.17) is 0 Å². The van der Waals surface area contributed by atoms with Crippen LogP contribution in [0.1, 0.15) is 0 Å². The van der Waals surface area contributed by atoms with Gasteiger partial charge in [0.1, 0.15) is 11.3 Å². The molecular weight excluding hydrogens is 332 g/mol. The first kappa shape index (κ1) is 13.0. The van der Waals surface area contributed by atoms with Crippen molar-refractivity contribution in [3.8, 4) is 5.69 Å². The Bertz CT molecular complexity index is 865. The average Bonchev–Trinajstić information content (AvgIpc) is 2.80. The molecule has 0 saturated heterocycles. The van der Waals surface area contributed by atoms with Crippen molar-refractivity contribution in [1.82, 2.24) is 14.3 Å². The molecule has 0 saturated carbocycles. The van der Waals surface area contributed by atoms with Gasteiger partial charge in [0.2, 0.25) is 0 Å². The molecule has 4 nitrogen and oxygen atoms in total. The molecule has 3 aromatic rings. The van der Waals surface area contributed by atoms with Gasteiger partial charge < -0.3 is 0 Å². The highest BCUT2D eigenvalue weighted by molar-refractivity contribution is 9.10. The molecule has 0 atom stereocenters. The van der Waals surface area contributed by atoms with Crippen LogP contribution < -0.4 is 5.56 Å². The van der Waals surface area contributed by atoms with Gasteiger partial charge in [-0.2, -0.15) is 5.10 Å². The third-order valence-corrected chi connectivity index (χ3v) is 3.60. The topological polar surface area (TPSA) is 39.8 Å². The first-order valence-corrected chi connectivity index (χ1v) is 6.47. The molecule has 0 spiro atoms. The number of aryl methyl sites for hydroxylation is 1. The van der Waals surface area contributed by atoms with Crippen LogP contribution in [0, 0.1) is 11.6 Å². The summed E-state index contributed by atoms with van der Waals surface area (Å²) < 4.78 is 30.5. The number of benzene rings is 1. The predicted octanol–water partition coefficient (Wildman–Crippen LogP) is 2.76. The fraction of sp³-hybridized carbons (Fsp3) is 0.0769. The lowest BCUT2D eigenvalue weighted by Gasteiger charge is -2.09. The lowest BCUT2D eigenvalue weighted by atomic mass is 10.3. The smallest absolute Gasteiger partial charge is 0.266 e. The molecule has 0 fully saturated rings. The second-order valence-electron chi connectivity index (χ2n) is 4.26. The van der Waals surface area contributed by atoms with Crippen LogP contribution in [0.4, 0.5) is 8.78 Å². The Labute approximate surface area is 120 Å². The molecule has 0 amide bonds. The van der Waals surface area contributed by atoms with Gasteiger partial charge in [0.15, 0.2) is 11.6 Å². The molecule has 0 aliphatic carbocycles. The van der Waals surface area contributed by atoms with Crippen molar-refractivity contribution in [2.24, 2.45) is 7.05 Å². The summed E-state index contributed by atoms with van der Waals surface area (Å²) in [5.74, 6) is -1.49. The van der Waals surface area contributed by atoms with E-state index in [2.05, 4.69) is 21.0 Å². The minimum Gasteiger partial charge on any atom is -0.295 e. The molecule has 3 rings (SSSR count). The second-order valence-corrected chi connectivity index (χ2v) is 5.12. The van der Waals surface area contributed by atoms with Crippen LogP contribution in [0.5, 0.6) is 0 Å². The number of nitrogens with zero attached hydrogens (tertiary/aromatic N) is 3. The first-order valence-electron chi connectivity index (χ1n) is 5.68. The molecule has 0 aliphatic rings. The average molecular weight is 340 g/mol. The molecule has 2 aromatic heterocycles. The molecule has 2 heterocycles. The number of hydrogen-bond donors (Lipinski definition) is 0. The molecule has 7 heteroatoms. The van der Waals surface area contributed by atoms with Crippen LogP contribution in [-0.2, 0) is 7.05 Å². The lowest BCUT2D eigenvalue weighted by molar-refractivity contribution is 0.561. The van der Waals surface area contributed by atoms with Crippen LogP contribution in [0.25, 0.3) is 16.7 Å². The van der Waals surface area contributed by atoms with Gasteiger partial charge in [0.05, 0.1) is 10.7 Å². The van der Waals surface area contributed by atoms with E-state index in [9.17, 15) is 13.6 Å². The molecule has 0 N–H and O–H groups in total. The summed E-state index contributed by atoms with van der Waals surface area (Å²) in [6, 6.07) is 5.13. The summed E-state index contributed by atoms with van der Waals surface area (Å²) in [4.78, 5) is 11.9. The van der Waals surface area contributed by atoms with Gasteiger partial charge in [-0.1, -0.05) is 6.07 Å². The maximum absolute atomic E-state index is 13.9. The zero-order valence-corrected chi connectivity index (χ0v) is 11.9. The standard InChI is InChI=1S/C13H8BrF2N3O/c1-18-12-7(5-8(14)13(18)20)6-17-19(12)11-9(15)3-2-4-10(11)16/h2-6H,1H3. The Morgan fingerprint density at radius 3 is 2.55 bits per heavy atom. The normalized spacial score (nSPS) is 11.2. The fourth-order valence-electron chi connectivity index (χ4n) is 2.10. The van der Waals surface area contributed by atoms with Gasteiger partial charge in [-0.25, -0.2) is 13.5 Å². The SMILES string of the molecule is Cn1c(=O)c(Br)cc2cnn(-c3c(F)cccc3F)c21. The van der Waals surface area contributed by atoms with Crippen LogP contribution in [0.2, 0.25) is 0 Å². The number of hydrogen-bond acceptors (Lipinski definition) is 2. The lowest BCUT2D eigenvalue weighted by Crippen LogP contribution is -2.19. The molecule has 20 heavy (non-hydrogen) atoms. The van der Waals surface area contributed by atoms with Crippen LogP contribution >= 0.6 is 15.9 Å². The second kappa shape index (κ2) is 4.52. The molecule has 1 aromatic carbocycles. The highest BCUT2D eigenvalue weighted by atomic mass is 79.9. The highest BCUT2D eigenvalue weighted by Gasteiger charge is 2.17. The van der Waals surface area contributed by atoms with Crippen molar-refractivity contribution in [2.45, 2.75) is 0 Å². The zero-order chi connectivity index (χ0) is 14.4. The van der Waals surface area contributed by atoms with Gasteiger partial charge in [0, 0.05) is 12.4 Å². The summed E-state index contributed by atoms with van der Waals surface area (Å²) in [7, 11) is 1.52. The van der Waals surface area contributed by atoms with Crippen LogP contribution in [-0.4, -0.2) is 14.3 Å². The van der Waals surface area contributed by atoms with E-state index < -0.39 is 11.6 Å². The number of halogens is 3. The Morgan fingerprint density at radius 2 is 1.90 bits per heavy atom. The fourth-order valence-corrected chi connectivity index (χ4v) is 2.61. The van der Waals surface area contributed by atoms with Gasteiger partial charge in [-0.15, -0.1) is 0 Å². The quantitative estimate of drug-likeness (QED) is 0.683. The largest absolute Gasteiger partial charge is 0.295 e. The number of para-hydroxylation sites is 1. The van der Waals surface area contributed by atoms with Gasteiger partial charge in [-0.3, -0.25) is 9.36 Å². The van der Waals surface area contributed by atoms with E-state index in [0.29, 0.717) is 15.5 Å². The summed E-state index contributed by atoms with van der Waals surface area (Å²) in [5, 5.41) is 4.59. The first-order chi connectivity index (χ1) is 9.50. The monoisotopic (exact) mass is 339 g/mol. The minimum atomic E-state index is -0.745. The Hall–Kier alpha value is -2.02. The maximum atomic E-state index is 13.9. The maximum Gasteiger partial charge on any atom is 0.266 e. The molecule has 0 aliphatic heterocycles. The Balaban J connectivity index is 2.45. The molecule has 0 radical (unpaired) electrons. The van der Waals surface area contributed by atoms with Crippen molar-refractivity contribution >= 4 is 27.0 Å². The summed E-state index contributed by atoms with van der Waals surface area (Å²) in [6.45, 7) is 0. The van der Waals surface area contributed by atoms with Crippen molar-refractivity contribution in [1.29, 1.82) is 0 Å². The van der Waals surface area contributed by atoms with Crippen molar-refractivity contribution in [3.63, 3.8) is 0 Å². The van der Waals surface area contributed by atoms with Crippen molar-refractivity contribution in [3.05, 3.63) is 56.9 Å². The molecule has 102 valence electrons. The number of fused-ring (bicyclic) bond motifs is 1. The zero-order valence-electron chi connectivity index (χ0n) is 10.3. The van der Waals surface area contributed by atoms with Gasteiger partial charge >= 0.3 is 0 Å². The van der Waals surface area contributed by atoms with Crippen LogP contribution in [0.3, 0.4) is 0 Å². The number of pyridine rings is 1. The third-order valence-electron chi connectivity index (χ3n) is 3.03. The predicted molar refractivity (Wildman–Crippen MR) is 73.9 cm³/mol.